The number of benzene rings is 1. The molecule has 0 saturated heterocycles. The van der Waals surface area contributed by atoms with E-state index >= 15 is 0 Å². The molecule has 0 aliphatic rings. The largest absolute Gasteiger partial charge is 0.466 e. The van der Waals surface area contributed by atoms with Gasteiger partial charge in [-0.1, -0.05) is 30.3 Å². The Balaban J connectivity index is 2.01. The molecule has 2 atom stereocenters. The van der Waals surface area contributed by atoms with Gasteiger partial charge in [-0.25, -0.2) is 0 Å². The second-order valence-corrected chi connectivity index (χ2v) is 5.00. The van der Waals surface area contributed by atoms with Gasteiger partial charge in [-0.2, -0.15) is 0 Å². The number of hydrogen-bond acceptors (Lipinski definition) is 4. The summed E-state index contributed by atoms with van der Waals surface area (Å²) in [4.78, 5) is 12.2. The number of carbonyl (C=O) groups excluding carboxylic acids is 1. The van der Waals surface area contributed by atoms with Crippen molar-refractivity contribution in [2.24, 2.45) is 0 Å². The Morgan fingerprint density at radius 1 is 1.33 bits per heavy atom. The lowest BCUT2D eigenvalue weighted by atomic mass is 10.0. The van der Waals surface area contributed by atoms with Crippen LogP contribution in [0.3, 0.4) is 0 Å². The predicted octanol–water partition coefficient (Wildman–Crippen LogP) is 1.99. The number of amides is 1. The third kappa shape index (κ3) is 3.71. The standard InChI is InChI=1S/C16H19NO4/c1-16(19,13-9-6-10-21-13)11-17-15(18)14(20-2)12-7-4-3-5-8-12/h3-10,14,19H,11H2,1-2H3,(H,17,18). The molecular formula is C16H19NO4. The van der Waals surface area contributed by atoms with Crippen LogP contribution in [0.4, 0.5) is 0 Å². The van der Waals surface area contributed by atoms with E-state index in [1.54, 1.807) is 19.1 Å². The van der Waals surface area contributed by atoms with Crippen molar-refractivity contribution < 1.29 is 19.1 Å². The van der Waals surface area contributed by atoms with Crippen molar-refractivity contribution >= 4 is 5.91 Å². The fourth-order valence-corrected chi connectivity index (χ4v) is 2.05. The van der Waals surface area contributed by atoms with Gasteiger partial charge < -0.3 is 19.6 Å². The summed E-state index contributed by atoms with van der Waals surface area (Å²) in [5.74, 6) is 0.0898. The number of furan rings is 1. The number of ether oxygens (including phenoxy) is 1. The Kier molecular flexibility index (Phi) is 4.77. The lowest BCUT2D eigenvalue weighted by Gasteiger charge is -2.23. The number of nitrogens with one attached hydrogen (secondary N) is 1. The molecule has 0 spiro atoms. The van der Waals surface area contributed by atoms with Crippen LogP contribution >= 0.6 is 0 Å². The van der Waals surface area contributed by atoms with Crippen LogP contribution in [0.2, 0.25) is 0 Å². The molecule has 1 amide bonds. The van der Waals surface area contributed by atoms with E-state index in [0.29, 0.717) is 5.76 Å². The molecule has 21 heavy (non-hydrogen) atoms. The van der Waals surface area contributed by atoms with E-state index < -0.39 is 11.7 Å². The van der Waals surface area contributed by atoms with E-state index in [0.717, 1.165) is 5.56 Å². The molecule has 0 aliphatic heterocycles. The molecule has 0 radical (unpaired) electrons. The van der Waals surface area contributed by atoms with E-state index in [9.17, 15) is 9.90 Å². The molecule has 2 unspecified atom stereocenters. The SMILES string of the molecule is COC(C(=O)NCC(C)(O)c1ccco1)c1ccccc1. The summed E-state index contributed by atoms with van der Waals surface area (Å²) < 4.78 is 10.4. The van der Waals surface area contributed by atoms with Crippen LogP contribution in [0.1, 0.15) is 24.4 Å². The van der Waals surface area contributed by atoms with Gasteiger partial charge in [0, 0.05) is 7.11 Å². The maximum Gasteiger partial charge on any atom is 0.253 e. The van der Waals surface area contributed by atoms with Gasteiger partial charge >= 0.3 is 0 Å². The molecule has 2 rings (SSSR count). The van der Waals surface area contributed by atoms with E-state index in [2.05, 4.69) is 5.32 Å². The van der Waals surface area contributed by atoms with Crippen LogP contribution in [-0.4, -0.2) is 24.7 Å². The van der Waals surface area contributed by atoms with Crippen LogP contribution in [0.15, 0.2) is 53.1 Å². The Hall–Kier alpha value is -2.11. The minimum Gasteiger partial charge on any atom is -0.466 e. The Labute approximate surface area is 123 Å². The highest BCUT2D eigenvalue weighted by molar-refractivity contribution is 5.82. The smallest absolute Gasteiger partial charge is 0.253 e. The molecule has 0 fully saturated rings. The van der Waals surface area contributed by atoms with Gasteiger partial charge in [0.2, 0.25) is 0 Å². The van der Waals surface area contributed by atoms with Gasteiger partial charge in [0.15, 0.2) is 6.10 Å². The summed E-state index contributed by atoms with van der Waals surface area (Å²) in [5.41, 5.74) is -0.510. The summed E-state index contributed by atoms with van der Waals surface area (Å²) >= 11 is 0. The molecule has 1 aromatic heterocycles. The van der Waals surface area contributed by atoms with Gasteiger partial charge in [0.25, 0.3) is 5.91 Å². The van der Waals surface area contributed by atoms with Crippen molar-refractivity contribution in [3.8, 4) is 0 Å². The first-order valence-electron chi connectivity index (χ1n) is 6.66. The predicted molar refractivity (Wildman–Crippen MR) is 77.5 cm³/mol. The van der Waals surface area contributed by atoms with Crippen LogP contribution in [0, 0.1) is 0 Å². The van der Waals surface area contributed by atoms with E-state index in [4.69, 9.17) is 9.15 Å². The molecule has 1 aromatic carbocycles. The highest BCUT2D eigenvalue weighted by atomic mass is 16.5. The molecule has 0 bridgehead atoms. The van der Waals surface area contributed by atoms with E-state index in [1.165, 1.54) is 13.4 Å². The van der Waals surface area contributed by atoms with Crippen LogP contribution in [0.25, 0.3) is 0 Å². The normalized spacial score (nSPS) is 15.2. The lowest BCUT2D eigenvalue weighted by molar-refractivity contribution is -0.132. The number of aliphatic hydroxyl groups is 1. The van der Waals surface area contributed by atoms with E-state index in [-0.39, 0.29) is 12.5 Å². The maximum absolute atomic E-state index is 12.2. The third-order valence-corrected chi connectivity index (χ3v) is 3.23. The number of carbonyl (C=O) groups is 1. The van der Waals surface area contributed by atoms with Crippen LogP contribution in [-0.2, 0) is 15.1 Å². The second-order valence-electron chi connectivity index (χ2n) is 5.00. The number of methoxy groups -OCH3 is 1. The average Bonchev–Trinajstić information content (AvgIpc) is 3.02. The Bertz CT molecular complexity index is 563. The highest BCUT2D eigenvalue weighted by Crippen LogP contribution is 2.21. The summed E-state index contributed by atoms with van der Waals surface area (Å²) in [6.45, 7) is 1.61. The van der Waals surface area contributed by atoms with Crippen molar-refractivity contribution in [2.75, 3.05) is 13.7 Å². The third-order valence-electron chi connectivity index (χ3n) is 3.23. The van der Waals surface area contributed by atoms with Crippen molar-refractivity contribution in [1.82, 2.24) is 5.32 Å². The molecule has 5 nitrogen and oxygen atoms in total. The monoisotopic (exact) mass is 289 g/mol. The van der Waals surface area contributed by atoms with Crippen molar-refractivity contribution in [3.63, 3.8) is 0 Å². The minimum atomic E-state index is -1.27. The minimum absolute atomic E-state index is 0.0338. The maximum atomic E-state index is 12.2. The first kappa shape index (κ1) is 15.3. The molecule has 5 heteroatoms. The van der Waals surface area contributed by atoms with Crippen molar-refractivity contribution in [2.45, 2.75) is 18.6 Å². The average molecular weight is 289 g/mol. The molecule has 112 valence electrons. The topological polar surface area (TPSA) is 71.7 Å². The van der Waals surface area contributed by atoms with Crippen molar-refractivity contribution in [3.05, 3.63) is 60.1 Å². The van der Waals surface area contributed by atoms with Gasteiger partial charge in [-0.3, -0.25) is 4.79 Å². The van der Waals surface area contributed by atoms with Gasteiger partial charge in [-0.05, 0) is 24.6 Å². The molecule has 0 aliphatic carbocycles. The summed E-state index contributed by atoms with van der Waals surface area (Å²) in [5, 5.41) is 13.0. The van der Waals surface area contributed by atoms with Crippen molar-refractivity contribution in [1.29, 1.82) is 0 Å². The summed E-state index contributed by atoms with van der Waals surface area (Å²) in [6, 6.07) is 12.5. The van der Waals surface area contributed by atoms with E-state index in [1.807, 2.05) is 30.3 Å². The molecular weight excluding hydrogens is 270 g/mol. The number of hydrogen-bond donors (Lipinski definition) is 2. The first-order chi connectivity index (χ1) is 10.0. The quantitative estimate of drug-likeness (QED) is 0.853. The zero-order valence-corrected chi connectivity index (χ0v) is 12.1. The lowest BCUT2D eigenvalue weighted by Crippen LogP contribution is -2.40. The van der Waals surface area contributed by atoms with Gasteiger partial charge in [0.05, 0.1) is 12.8 Å². The second kappa shape index (κ2) is 6.56. The van der Waals surface area contributed by atoms with Crippen LogP contribution in [0.5, 0.6) is 0 Å². The summed E-state index contributed by atoms with van der Waals surface area (Å²) in [7, 11) is 1.47. The van der Waals surface area contributed by atoms with Crippen LogP contribution < -0.4 is 5.32 Å². The zero-order valence-electron chi connectivity index (χ0n) is 12.1. The summed E-state index contributed by atoms with van der Waals surface area (Å²) in [6.07, 6.45) is 0.770. The van der Waals surface area contributed by atoms with Gasteiger partial charge in [0.1, 0.15) is 11.4 Å². The number of rotatable bonds is 6. The molecule has 1 heterocycles. The molecule has 2 N–H and O–H groups in total. The fraction of sp³-hybridized carbons (Fsp3) is 0.312. The Morgan fingerprint density at radius 2 is 2.05 bits per heavy atom. The first-order valence-corrected chi connectivity index (χ1v) is 6.66. The Morgan fingerprint density at radius 3 is 2.62 bits per heavy atom. The molecule has 2 aromatic rings. The van der Waals surface area contributed by atoms with Gasteiger partial charge in [-0.15, -0.1) is 0 Å². The fourth-order valence-electron chi connectivity index (χ4n) is 2.05. The zero-order chi connectivity index (χ0) is 15.3. The molecule has 0 saturated carbocycles. The highest BCUT2D eigenvalue weighted by Gasteiger charge is 2.28.